The fraction of sp³-hybridized carbons (Fsp3) is 0.176. The summed E-state index contributed by atoms with van der Waals surface area (Å²) < 4.78 is 10.0. The summed E-state index contributed by atoms with van der Waals surface area (Å²) in [5.74, 6) is -0.226. The van der Waals surface area contributed by atoms with Gasteiger partial charge < -0.3 is 14.6 Å². The maximum Gasteiger partial charge on any atom is 0.308 e. The smallest absolute Gasteiger partial charge is 0.308 e. The Kier molecular flexibility index (Phi) is 5.14. The van der Waals surface area contributed by atoms with Crippen LogP contribution in [0, 0.1) is 0 Å². The molecule has 0 aliphatic heterocycles. The molecule has 0 aliphatic rings. The third-order valence-corrected chi connectivity index (χ3v) is 3.03. The van der Waals surface area contributed by atoms with Crippen LogP contribution in [-0.4, -0.2) is 30.6 Å². The van der Waals surface area contributed by atoms with Crippen molar-refractivity contribution in [1.82, 2.24) is 0 Å². The lowest BCUT2D eigenvalue weighted by Crippen LogP contribution is -2.10. The summed E-state index contributed by atoms with van der Waals surface area (Å²) in [6, 6.07) is 12.9. The molecule has 22 heavy (non-hydrogen) atoms. The van der Waals surface area contributed by atoms with E-state index in [0.29, 0.717) is 16.9 Å². The van der Waals surface area contributed by atoms with Crippen molar-refractivity contribution in [3.8, 4) is 11.5 Å². The third-order valence-electron chi connectivity index (χ3n) is 3.03. The summed E-state index contributed by atoms with van der Waals surface area (Å²) in [5.41, 5.74) is 0.738. The largest absolute Gasteiger partial charge is 0.508 e. The molecule has 2 aromatic carbocycles. The predicted octanol–water partition coefficient (Wildman–Crippen LogP) is 2.57. The van der Waals surface area contributed by atoms with Gasteiger partial charge in [-0.05, 0) is 24.3 Å². The molecular weight excluding hydrogens is 284 g/mol. The average Bonchev–Trinajstić information content (AvgIpc) is 2.54. The van der Waals surface area contributed by atoms with Gasteiger partial charge in [-0.3, -0.25) is 9.59 Å². The molecule has 0 spiro atoms. The number of ether oxygens (including phenoxy) is 2. The van der Waals surface area contributed by atoms with E-state index in [-0.39, 0.29) is 30.5 Å². The molecule has 114 valence electrons. The molecule has 0 saturated carbocycles. The number of phenolic OH excluding ortho intramolecular Hbond substituents is 1. The average molecular weight is 300 g/mol. The molecule has 0 saturated heterocycles. The Bertz CT molecular complexity index is 678. The maximum atomic E-state index is 12.5. The van der Waals surface area contributed by atoms with Crippen molar-refractivity contribution >= 4 is 11.8 Å². The molecule has 0 atom stereocenters. The van der Waals surface area contributed by atoms with Crippen LogP contribution in [0.2, 0.25) is 0 Å². The lowest BCUT2D eigenvalue weighted by Gasteiger charge is -2.10. The summed E-state index contributed by atoms with van der Waals surface area (Å²) in [5, 5.41) is 9.47. The van der Waals surface area contributed by atoms with E-state index >= 15 is 0 Å². The number of methoxy groups -OCH3 is 1. The van der Waals surface area contributed by atoms with E-state index in [4.69, 9.17) is 4.74 Å². The Labute approximate surface area is 128 Å². The van der Waals surface area contributed by atoms with Gasteiger partial charge in [-0.1, -0.05) is 24.3 Å². The van der Waals surface area contributed by atoms with Crippen LogP contribution in [0.4, 0.5) is 0 Å². The SMILES string of the molecule is COC(=O)CCOc1ccccc1C(=O)c1cccc(O)c1. The van der Waals surface area contributed by atoms with E-state index < -0.39 is 0 Å². The van der Waals surface area contributed by atoms with Crippen molar-refractivity contribution in [1.29, 1.82) is 0 Å². The summed E-state index contributed by atoms with van der Waals surface area (Å²) in [6.45, 7) is 0.122. The van der Waals surface area contributed by atoms with E-state index in [1.54, 1.807) is 36.4 Å². The molecule has 2 rings (SSSR count). The Balaban J connectivity index is 2.17. The molecule has 1 N–H and O–H groups in total. The number of phenols is 1. The molecule has 0 bridgehead atoms. The number of benzene rings is 2. The van der Waals surface area contributed by atoms with Gasteiger partial charge in [0, 0.05) is 5.56 Å². The molecule has 0 amide bonds. The monoisotopic (exact) mass is 300 g/mol. The van der Waals surface area contributed by atoms with Crippen LogP contribution in [0.5, 0.6) is 11.5 Å². The van der Waals surface area contributed by atoms with Crippen molar-refractivity contribution in [2.45, 2.75) is 6.42 Å². The zero-order valence-corrected chi connectivity index (χ0v) is 12.1. The molecule has 0 heterocycles. The van der Waals surface area contributed by atoms with Gasteiger partial charge in [-0.15, -0.1) is 0 Å². The first-order chi connectivity index (χ1) is 10.6. The minimum absolute atomic E-state index is 0.0231. The maximum absolute atomic E-state index is 12.5. The first-order valence-electron chi connectivity index (χ1n) is 6.74. The highest BCUT2D eigenvalue weighted by molar-refractivity contribution is 6.10. The van der Waals surface area contributed by atoms with Gasteiger partial charge in [0.15, 0.2) is 5.78 Å². The highest BCUT2D eigenvalue weighted by Gasteiger charge is 2.15. The van der Waals surface area contributed by atoms with Gasteiger partial charge in [0.25, 0.3) is 0 Å². The summed E-state index contributed by atoms with van der Waals surface area (Å²) in [4.78, 5) is 23.6. The lowest BCUT2D eigenvalue weighted by molar-refractivity contribution is -0.141. The van der Waals surface area contributed by atoms with E-state index in [9.17, 15) is 14.7 Å². The first kappa shape index (κ1) is 15.6. The molecule has 0 unspecified atom stereocenters. The summed E-state index contributed by atoms with van der Waals surface area (Å²) >= 11 is 0. The molecule has 5 nitrogen and oxygen atoms in total. The van der Waals surface area contributed by atoms with Crippen LogP contribution in [0.15, 0.2) is 48.5 Å². The van der Waals surface area contributed by atoms with Crippen LogP contribution in [-0.2, 0) is 9.53 Å². The number of aromatic hydroxyl groups is 1. The van der Waals surface area contributed by atoms with Crippen molar-refractivity contribution in [3.63, 3.8) is 0 Å². The Morgan fingerprint density at radius 2 is 1.86 bits per heavy atom. The van der Waals surface area contributed by atoms with Gasteiger partial charge in [0.1, 0.15) is 11.5 Å². The fourth-order valence-electron chi connectivity index (χ4n) is 1.93. The summed E-state index contributed by atoms with van der Waals surface area (Å²) in [6.07, 6.45) is 0.102. The topological polar surface area (TPSA) is 72.8 Å². The van der Waals surface area contributed by atoms with Crippen LogP contribution in [0.1, 0.15) is 22.3 Å². The minimum atomic E-state index is -0.378. The normalized spacial score (nSPS) is 10.0. The highest BCUT2D eigenvalue weighted by Crippen LogP contribution is 2.23. The third kappa shape index (κ3) is 3.85. The zero-order valence-electron chi connectivity index (χ0n) is 12.1. The van der Waals surface area contributed by atoms with Gasteiger partial charge >= 0.3 is 5.97 Å². The number of hydrogen-bond donors (Lipinski definition) is 1. The predicted molar refractivity (Wildman–Crippen MR) is 80.1 cm³/mol. The Morgan fingerprint density at radius 1 is 1.09 bits per heavy atom. The molecule has 0 aliphatic carbocycles. The van der Waals surface area contributed by atoms with Gasteiger partial charge in [0.2, 0.25) is 0 Å². The van der Waals surface area contributed by atoms with Crippen molar-refractivity contribution in [2.24, 2.45) is 0 Å². The Morgan fingerprint density at radius 3 is 2.59 bits per heavy atom. The number of esters is 1. The number of hydrogen-bond acceptors (Lipinski definition) is 5. The second-order valence-corrected chi connectivity index (χ2v) is 4.55. The number of ketones is 1. The number of rotatable bonds is 6. The molecule has 0 fully saturated rings. The number of para-hydroxylation sites is 1. The van der Waals surface area contributed by atoms with Crippen LogP contribution in [0.25, 0.3) is 0 Å². The van der Waals surface area contributed by atoms with Crippen LogP contribution < -0.4 is 4.74 Å². The van der Waals surface area contributed by atoms with Crippen molar-refractivity contribution in [2.75, 3.05) is 13.7 Å². The first-order valence-corrected chi connectivity index (χ1v) is 6.74. The fourth-order valence-corrected chi connectivity index (χ4v) is 1.93. The van der Waals surface area contributed by atoms with Crippen LogP contribution in [0.3, 0.4) is 0 Å². The van der Waals surface area contributed by atoms with E-state index in [0.717, 1.165) is 0 Å². The van der Waals surface area contributed by atoms with Crippen molar-refractivity contribution in [3.05, 3.63) is 59.7 Å². The minimum Gasteiger partial charge on any atom is -0.508 e. The lowest BCUT2D eigenvalue weighted by atomic mass is 10.0. The van der Waals surface area contributed by atoms with Crippen molar-refractivity contribution < 1.29 is 24.2 Å². The quantitative estimate of drug-likeness (QED) is 0.655. The molecule has 5 heteroatoms. The molecule has 2 aromatic rings. The molecule has 0 radical (unpaired) electrons. The highest BCUT2D eigenvalue weighted by atomic mass is 16.5. The van der Waals surface area contributed by atoms with Crippen LogP contribution >= 0.6 is 0 Å². The number of carbonyl (C=O) groups excluding carboxylic acids is 2. The second kappa shape index (κ2) is 7.26. The number of carbonyl (C=O) groups is 2. The van der Waals surface area contributed by atoms with E-state index in [1.807, 2.05) is 0 Å². The van der Waals surface area contributed by atoms with Gasteiger partial charge in [0.05, 0.1) is 25.7 Å². The molecule has 0 aromatic heterocycles. The molecular formula is C17H16O5. The second-order valence-electron chi connectivity index (χ2n) is 4.55. The standard InChI is InChI=1S/C17H16O5/c1-21-16(19)9-10-22-15-8-3-2-7-14(15)17(20)12-5-4-6-13(18)11-12/h2-8,11,18H,9-10H2,1H3. The zero-order chi connectivity index (χ0) is 15.9. The summed E-state index contributed by atoms with van der Waals surface area (Å²) in [7, 11) is 1.31. The Hall–Kier alpha value is -2.82. The van der Waals surface area contributed by atoms with E-state index in [1.165, 1.54) is 19.2 Å². The van der Waals surface area contributed by atoms with Gasteiger partial charge in [-0.2, -0.15) is 0 Å². The van der Waals surface area contributed by atoms with Gasteiger partial charge in [-0.25, -0.2) is 0 Å². The van der Waals surface area contributed by atoms with E-state index in [2.05, 4.69) is 4.74 Å².